The van der Waals surface area contributed by atoms with Gasteiger partial charge in [-0.3, -0.25) is 25.0 Å². The van der Waals surface area contributed by atoms with Crippen LogP contribution in [0.15, 0.2) is 57.9 Å². The molecule has 0 saturated heterocycles. The molecule has 0 fully saturated rings. The van der Waals surface area contributed by atoms with Crippen LogP contribution in [0.2, 0.25) is 0 Å². The van der Waals surface area contributed by atoms with Crippen LogP contribution in [0, 0.1) is 0 Å². The predicted octanol–water partition coefficient (Wildman–Crippen LogP) is 2.86. The molecule has 0 aliphatic carbocycles. The Morgan fingerprint density at radius 1 is 1.21 bits per heavy atom. The lowest BCUT2D eigenvalue weighted by Crippen LogP contribution is -2.35. The third-order valence-corrected chi connectivity index (χ3v) is 4.71. The van der Waals surface area contributed by atoms with Crippen molar-refractivity contribution < 1.29 is 13.9 Å². The lowest BCUT2D eigenvalue weighted by molar-refractivity contribution is -0.119. The normalized spacial score (nSPS) is 11.0. The van der Waals surface area contributed by atoms with E-state index in [-0.39, 0.29) is 23.8 Å². The van der Waals surface area contributed by atoms with Gasteiger partial charge in [0.05, 0.1) is 30.7 Å². The molecule has 4 aromatic rings. The Labute approximate surface area is 166 Å². The zero-order chi connectivity index (χ0) is 20.4. The number of fused-ring (bicyclic) bond motifs is 2. The first kappa shape index (κ1) is 18.5. The van der Waals surface area contributed by atoms with Gasteiger partial charge in [-0.2, -0.15) is 0 Å². The summed E-state index contributed by atoms with van der Waals surface area (Å²) >= 11 is 0. The van der Waals surface area contributed by atoms with Gasteiger partial charge in [0.2, 0.25) is 11.9 Å². The SMILES string of the molecule is CCn1c(NNC(=O)Cc2coc3cc(OC)ccc23)nc2ccccc2c1=O. The molecule has 29 heavy (non-hydrogen) atoms. The van der Waals surface area contributed by atoms with Crippen LogP contribution in [0.4, 0.5) is 5.95 Å². The van der Waals surface area contributed by atoms with E-state index >= 15 is 0 Å². The first-order valence-corrected chi connectivity index (χ1v) is 9.19. The molecule has 0 aliphatic heterocycles. The molecular formula is C21H20N4O4. The molecule has 1 amide bonds. The highest BCUT2D eigenvalue weighted by Crippen LogP contribution is 2.25. The van der Waals surface area contributed by atoms with Gasteiger partial charge in [-0.1, -0.05) is 12.1 Å². The minimum atomic E-state index is -0.284. The second-order valence-corrected chi connectivity index (χ2v) is 6.47. The summed E-state index contributed by atoms with van der Waals surface area (Å²) in [5.41, 5.74) is 7.19. The number of rotatable bonds is 6. The monoisotopic (exact) mass is 392 g/mol. The number of hydrazine groups is 1. The third kappa shape index (κ3) is 3.52. The van der Waals surface area contributed by atoms with Gasteiger partial charge in [-0.15, -0.1) is 0 Å². The lowest BCUT2D eigenvalue weighted by Gasteiger charge is -2.13. The molecule has 0 aliphatic rings. The Balaban J connectivity index is 1.52. The minimum absolute atomic E-state index is 0.107. The highest BCUT2D eigenvalue weighted by molar-refractivity contribution is 5.88. The number of anilines is 1. The van der Waals surface area contributed by atoms with Gasteiger partial charge >= 0.3 is 0 Å². The number of para-hydroxylation sites is 1. The molecule has 2 heterocycles. The third-order valence-electron chi connectivity index (χ3n) is 4.71. The quantitative estimate of drug-likeness (QED) is 0.490. The summed E-state index contributed by atoms with van der Waals surface area (Å²) in [6.45, 7) is 2.26. The first-order chi connectivity index (χ1) is 14.1. The molecule has 2 aromatic carbocycles. The molecule has 8 nitrogen and oxygen atoms in total. The van der Waals surface area contributed by atoms with E-state index in [9.17, 15) is 9.59 Å². The van der Waals surface area contributed by atoms with Gasteiger partial charge in [0, 0.05) is 23.6 Å². The van der Waals surface area contributed by atoms with Crippen LogP contribution in [0.1, 0.15) is 12.5 Å². The molecule has 2 N–H and O–H groups in total. The van der Waals surface area contributed by atoms with Crippen LogP contribution < -0.4 is 21.1 Å². The second-order valence-electron chi connectivity index (χ2n) is 6.47. The van der Waals surface area contributed by atoms with Crippen molar-refractivity contribution in [3.63, 3.8) is 0 Å². The van der Waals surface area contributed by atoms with Crippen LogP contribution in [0.5, 0.6) is 5.75 Å². The molecule has 0 saturated carbocycles. The largest absolute Gasteiger partial charge is 0.497 e. The van der Waals surface area contributed by atoms with Gasteiger partial charge in [0.25, 0.3) is 5.56 Å². The van der Waals surface area contributed by atoms with E-state index in [1.165, 1.54) is 4.57 Å². The first-order valence-electron chi connectivity index (χ1n) is 9.19. The maximum absolute atomic E-state index is 12.6. The number of ether oxygens (including phenoxy) is 1. The van der Waals surface area contributed by atoms with Gasteiger partial charge in [-0.25, -0.2) is 4.98 Å². The molecule has 0 unspecified atom stereocenters. The number of aromatic nitrogens is 2. The Morgan fingerprint density at radius 2 is 2.03 bits per heavy atom. The van der Waals surface area contributed by atoms with E-state index in [1.54, 1.807) is 37.6 Å². The van der Waals surface area contributed by atoms with Crippen molar-refractivity contribution in [1.29, 1.82) is 0 Å². The van der Waals surface area contributed by atoms with Crippen LogP contribution in [0.25, 0.3) is 21.9 Å². The number of amides is 1. The minimum Gasteiger partial charge on any atom is -0.497 e. The standard InChI is InChI=1S/C21H20N4O4/c1-3-25-20(27)16-6-4-5-7-17(16)22-21(25)24-23-19(26)10-13-12-29-18-11-14(28-2)8-9-15(13)18/h4-9,11-12H,3,10H2,1-2H3,(H,22,24)(H,23,26). The Bertz CT molecular complexity index is 1260. The molecule has 2 aromatic heterocycles. The van der Waals surface area contributed by atoms with Crippen molar-refractivity contribution in [2.75, 3.05) is 12.5 Å². The fraction of sp³-hybridized carbons (Fsp3) is 0.190. The fourth-order valence-corrected chi connectivity index (χ4v) is 3.23. The molecule has 4 rings (SSSR count). The van der Waals surface area contributed by atoms with Crippen LogP contribution >= 0.6 is 0 Å². The number of carbonyl (C=O) groups excluding carboxylic acids is 1. The fourth-order valence-electron chi connectivity index (χ4n) is 3.23. The maximum atomic E-state index is 12.6. The van der Waals surface area contributed by atoms with Crippen LogP contribution in [-0.4, -0.2) is 22.6 Å². The summed E-state index contributed by atoms with van der Waals surface area (Å²) in [4.78, 5) is 29.5. The van der Waals surface area contributed by atoms with Gasteiger partial charge in [0.1, 0.15) is 11.3 Å². The zero-order valence-corrected chi connectivity index (χ0v) is 16.1. The van der Waals surface area contributed by atoms with Crippen molar-refractivity contribution in [3.8, 4) is 5.75 Å². The molecule has 0 atom stereocenters. The van der Waals surface area contributed by atoms with Gasteiger partial charge < -0.3 is 9.15 Å². The molecule has 0 spiro atoms. The highest BCUT2D eigenvalue weighted by Gasteiger charge is 2.13. The summed E-state index contributed by atoms with van der Waals surface area (Å²) in [6, 6.07) is 12.5. The number of hydrogen-bond donors (Lipinski definition) is 2. The Kier molecular flexibility index (Phi) is 4.90. The summed E-state index contributed by atoms with van der Waals surface area (Å²) in [5, 5.41) is 1.38. The lowest BCUT2D eigenvalue weighted by atomic mass is 10.1. The molecular weight excluding hydrogens is 372 g/mol. The number of furan rings is 1. The Morgan fingerprint density at radius 3 is 2.83 bits per heavy atom. The van der Waals surface area contributed by atoms with Crippen LogP contribution in [0.3, 0.4) is 0 Å². The summed E-state index contributed by atoms with van der Waals surface area (Å²) < 4.78 is 12.2. The predicted molar refractivity (Wildman–Crippen MR) is 110 cm³/mol. The topological polar surface area (TPSA) is 98.4 Å². The number of hydrogen-bond acceptors (Lipinski definition) is 6. The number of methoxy groups -OCH3 is 1. The van der Waals surface area contributed by atoms with Crippen LogP contribution in [-0.2, 0) is 17.8 Å². The van der Waals surface area contributed by atoms with Gasteiger partial charge in [0.15, 0.2) is 0 Å². The molecule has 148 valence electrons. The van der Waals surface area contributed by atoms with Gasteiger partial charge in [-0.05, 0) is 31.2 Å². The number of benzene rings is 2. The van der Waals surface area contributed by atoms with E-state index < -0.39 is 0 Å². The Hall–Kier alpha value is -3.81. The van der Waals surface area contributed by atoms with E-state index in [0.29, 0.717) is 28.8 Å². The zero-order valence-electron chi connectivity index (χ0n) is 16.1. The molecule has 0 radical (unpaired) electrons. The second kappa shape index (κ2) is 7.67. The smallest absolute Gasteiger partial charge is 0.262 e. The average Bonchev–Trinajstić information content (AvgIpc) is 3.14. The van der Waals surface area contributed by atoms with E-state index in [4.69, 9.17) is 9.15 Å². The van der Waals surface area contributed by atoms with Crippen molar-refractivity contribution in [2.24, 2.45) is 0 Å². The number of carbonyl (C=O) groups is 1. The van der Waals surface area contributed by atoms with Crippen molar-refractivity contribution in [2.45, 2.75) is 19.9 Å². The van der Waals surface area contributed by atoms with Crippen molar-refractivity contribution in [3.05, 3.63) is 64.6 Å². The average molecular weight is 392 g/mol. The number of nitrogens with one attached hydrogen (secondary N) is 2. The maximum Gasteiger partial charge on any atom is 0.262 e. The highest BCUT2D eigenvalue weighted by atomic mass is 16.5. The molecule has 0 bridgehead atoms. The van der Waals surface area contributed by atoms with Crippen molar-refractivity contribution >= 4 is 33.7 Å². The van der Waals surface area contributed by atoms with E-state index in [2.05, 4.69) is 15.8 Å². The van der Waals surface area contributed by atoms with E-state index in [1.807, 2.05) is 25.1 Å². The summed E-state index contributed by atoms with van der Waals surface area (Å²) in [6.07, 6.45) is 1.66. The molecule has 8 heteroatoms. The summed E-state index contributed by atoms with van der Waals surface area (Å²) in [5.74, 6) is 0.685. The number of nitrogens with zero attached hydrogens (tertiary/aromatic N) is 2. The van der Waals surface area contributed by atoms with Crippen molar-refractivity contribution in [1.82, 2.24) is 15.0 Å². The van der Waals surface area contributed by atoms with E-state index in [0.717, 1.165) is 10.9 Å². The summed E-state index contributed by atoms with van der Waals surface area (Å²) in [7, 11) is 1.58.